The molecule has 0 amide bonds. The van der Waals surface area contributed by atoms with Gasteiger partial charge in [0.05, 0.1) is 40.1 Å². The minimum absolute atomic E-state index is 0.193. The maximum atomic E-state index is 12.2. The number of para-hydroxylation sites is 5. The van der Waals surface area contributed by atoms with Crippen LogP contribution in [0, 0.1) is 13.8 Å². The standard InChI is InChI=1S/C55H48N2O4/c1-34-29-44(54(58)50(31-34)56-46-23-11-5-17-38(46)39-18-6-12-24-47(39)56)42-21-9-15-27-52(42)60-36(3)33-37(4)61-53-28-16-10-22-43(53)45-30-35(2)32-51(55(45)59)57-48-25-13-7-19-40(48)41-20-8-14-26-49(41)57/h5-13,15-25,27-32,36-37,58-59H,14,26,33H2,1-4H3. The second-order valence-corrected chi connectivity index (χ2v) is 16.5. The number of benzene rings is 7. The van der Waals surface area contributed by atoms with Crippen LogP contribution in [-0.4, -0.2) is 31.6 Å². The highest BCUT2D eigenvalue weighted by molar-refractivity contribution is 6.09. The summed E-state index contributed by atoms with van der Waals surface area (Å²) in [5.74, 6) is 1.79. The molecule has 0 bridgehead atoms. The molecule has 6 heteroatoms. The normalized spacial score (nSPS) is 13.4. The molecule has 61 heavy (non-hydrogen) atoms. The third kappa shape index (κ3) is 6.69. The number of aromatic nitrogens is 2. The van der Waals surface area contributed by atoms with Gasteiger partial charge in [0, 0.05) is 56.1 Å². The summed E-state index contributed by atoms with van der Waals surface area (Å²) >= 11 is 0. The maximum absolute atomic E-state index is 12.2. The Kier molecular flexibility index (Phi) is 9.64. The van der Waals surface area contributed by atoms with Crippen molar-refractivity contribution in [1.29, 1.82) is 0 Å². The number of ether oxygens (including phenoxy) is 2. The summed E-state index contributed by atoms with van der Waals surface area (Å²) in [5.41, 5.74) is 12.2. The van der Waals surface area contributed by atoms with E-state index in [1.807, 2.05) is 78.9 Å². The Bertz CT molecular complexity index is 3110. The predicted molar refractivity (Wildman–Crippen MR) is 250 cm³/mol. The molecule has 7 aromatic carbocycles. The molecule has 0 saturated heterocycles. The first-order valence-electron chi connectivity index (χ1n) is 21.2. The molecule has 2 N–H and O–H groups in total. The van der Waals surface area contributed by atoms with Crippen molar-refractivity contribution in [2.24, 2.45) is 0 Å². The van der Waals surface area contributed by atoms with Crippen LogP contribution in [0.15, 0.2) is 152 Å². The molecular weight excluding hydrogens is 753 g/mol. The van der Waals surface area contributed by atoms with E-state index in [4.69, 9.17) is 9.47 Å². The summed E-state index contributed by atoms with van der Waals surface area (Å²) in [6, 6.07) is 49.2. The first-order chi connectivity index (χ1) is 29.7. The predicted octanol–water partition coefficient (Wildman–Crippen LogP) is 13.7. The van der Waals surface area contributed by atoms with E-state index in [0.717, 1.165) is 79.4 Å². The largest absolute Gasteiger partial charge is 0.505 e. The zero-order valence-corrected chi connectivity index (χ0v) is 34.9. The van der Waals surface area contributed by atoms with Crippen molar-refractivity contribution in [3.8, 4) is 56.6 Å². The second kappa shape index (κ2) is 15.4. The van der Waals surface area contributed by atoms with Gasteiger partial charge < -0.3 is 28.8 Å². The van der Waals surface area contributed by atoms with Gasteiger partial charge in [0.2, 0.25) is 0 Å². The molecule has 2 aromatic heterocycles. The van der Waals surface area contributed by atoms with Crippen LogP contribution in [0.5, 0.6) is 23.0 Å². The molecule has 0 spiro atoms. The average molecular weight is 801 g/mol. The lowest BCUT2D eigenvalue weighted by molar-refractivity contribution is 0.131. The van der Waals surface area contributed by atoms with Gasteiger partial charge in [-0.05, 0) is 106 Å². The fraction of sp³-hybridized carbons (Fsp3) is 0.164. The Hall–Kier alpha value is -7.18. The van der Waals surface area contributed by atoms with Crippen LogP contribution in [-0.2, 0) is 6.42 Å². The van der Waals surface area contributed by atoms with Gasteiger partial charge in [0.1, 0.15) is 23.0 Å². The number of hydrogen-bond acceptors (Lipinski definition) is 4. The fourth-order valence-electron chi connectivity index (χ4n) is 9.48. The lowest BCUT2D eigenvalue weighted by Gasteiger charge is -2.24. The summed E-state index contributed by atoms with van der Waals surface area (Å²) in [5, 5.41) is 27.8. The monoisotopic (exact) mass is 800 g/mol. The third-order valence-corrected chi connectivity index (χ3v) is 12.1. The van der Waals surface area contributed by atoms with Crippen LogP contribution in [0.3, 0.4) is 0 Å². The van der Waals surface area contributed by atoms with Crippen LogP contribution in [0.1, 0.15) is 49.1 Å². The lowest BCUT2D eigenvalue weighted by Crippen LogP contribution is -2.23. The summed E-state index contributed by atoms with van der Waals surface area (Å²) in [7, 11) is 0. The molecule has 2 heterocycles. The Morgan fingerprint density at radius 2 is 0.967 bits per heavy atom. The van der Waals surface area contributed by atoms with Crippen molar-refractivity contribution in [3.63, 3.8) is 0 Å². The van der Waals surface area contributed by atoms with Crippen molar-refractivity contribution >= 4 is 38.8 Å². The minimum Gasteiger partial charge on any atom is -0.505 e. The third-order valence-electron chi connectivity index (χ3n) is 12.1. The van der Waals surface area contributed by atoms with Crippen molar-refractivity contribution in [2.45, 2.75) is 59.2 Å². The SMILES string of the molecule is Cc1cc(-c2ccccc2OC(C)CC(C)Oc2ccccc2-c2cc(C)cc(-n3c4ccccc4c4ccccc43)c2O)c(O)c(-n2c3c(c4ccccc42)C=CCC3)c1. The topological polar surface area (TPSA) is 68.8 Å². The molecule has 0 fully saturated rings. The van der Waals surface area contributed by atoms with Crippen LogP contribution in [0.2, 0.25) is 0 Å². The van der Waals surface area contributed by atoms with Gasteiger partial charge in [0.15, 0.2) is 0 Å². The van der Waals surface area contributed by atoms with Crippen molar-refractivity contribution in [2.75, 3.05) is 0 Å². The van der Waals surface area contributed by atoms with E-state index in [1.54, 1.807) is 0 Å². The first-order valence-corrected chi connectivity index (χ1v) is 21.2. The summed E-state index contributed by atoms with van der Waals surface area (Å²) in [4.78, 5) is 0. The van der Waals surface area contributed by atoms with E-state index >= 15 is 0 Å². The molecule has 6 nitrogen and oxygen atoms in total. The zero-order chi connectivity index (χ0) is 41.8. The molecule has 0 aliphatic heterocycles. The molecule has 302 valence electrons. The molecule has 0 radical (unpaired) electrons. The molecule has 1 aliphatic carbocycles. The average Bonchev–Trinajstić information content (AvgIpc) is 3.78. The number of aromatic hydroxyl groups is 2. The van der Waals surface area contributed by atoms with Crippen LogP contribution >= 0.6 is 0 Å². The number of phenolic OH excluding ortho intramolecular Hbond substituents is 2. The summed E-state index contributed by atoms with van der Waals surface area (Å²) in [6.07, 6.45) is 6.46. The van der Waals surface area contributed by atoms with Crippen molar-refractivity contribution in [3.05, 3.63) is 174 Å². The van der Waals surface area contributed by atoms with E-state index in [0.29, 0.717) is 23.5 Å². The van der Waals surface area contributed by atoms with Crippen molar-refractivity contribution < 1.29 is 19.7 Å². The number of phenols is 2. The van der Waals surface area contributed by atoms with Gasteiger partial charge in [-0.25, -0.2) is 0 Å². The van der Waals surface area contributed by atoms with Gasteiger partial charge in [-0.15, -0.1) is 0 Å². The zero-order valence-electron chi connectivity index (χ0n) is 34.9. The second-order valence-electron chi connectivity index (χ2n) is 16.5. The Morgan fingerprint density at radius 1 is 0.525 bits per heavy atom. The van der Waals surface area contributed by atoms with E-state index in [2.05, 4.69) is 116 Å². The Balaban J connectivity index is 0.931. The first kappa shape index (κ1) is 38.0. The molecular formula is C55H48N2O4. The number of hydrogen-bond donors (Lipinski definition) is 2. The van der Waals surface area contributed by atoms with Crippen LogP contribution < -0.4 is 9.47 Å². The molecule has 0 saturated carbocycles. The van der Waals surface area contributed by atoms with Gasteiger partial charge >= 0.3 is 0 Å². The quantitative estimate of drug-likeness (QED) is 0.145. The fourth-order valence-corrected chi connectivity index (χ4v) is 9.48. The van der Waals surface area contributed by atoms with E-state index < -0.39 is 0 Å². The minimum atomic E-state index is -0.228. The van der Waals surface area contributed by atoms with Gasteiger partial charge in [-0.2, -0.15) is 0 Å². The molecule has 1 aliphatic rings. The van der Waals surface area contributed by atoms with Gasteiger partial charge in [0.25, 0.3) is 0 Å². The number of rotatable bonds is 10. The number of fused-ring (bicyclic) bond motifs is 6. The molecule has 2 atom stereocenters. The number of nitrogens with zero attached hydrogens (tertiary/aromatic N) is 2. The van der Waals surface area contributed by atoms with E-state index in [1.165, 1.54) is 16.6 Å². The smallest absolute Gasteiger partial charge is 0.147 e. The highest BCUT2D eigenvalue weighted by Crippen LogP contribution is 2.45. The highest BCUT2D eigenvalue weighted by Gasteiger charge is 2.25. The molecule has 9 aromatic rings. The van der Waals surface area contributed by atoms with E-state index in [-0.39, 0.29) is 23.7 Å². The maximum Gasteiger partial charge on any atom is 0.147 e. The summed E-state index contributed by atoms with van der Waals surface area (Å²) in [6.45, 7) is 8.25. The number of allylic oxidation sites excluding steroid dienone is 1. The highest BCUT2D eigenvalue weighted by atomic mass is 16.5. The van der Waals surface area contributed by atoms with Crippen molar-refractivity contribution in [1.82, 2.24) is 9.13 Å². The molecule has 2 unspecified atom stereocenters. The van der Waals surface area contributed by atoms with Gasteiger partial charge in [-0.1, -0.05) is 103 Å². The molecule has 10 rings (SSSR count). The Labute approximate surface area is 356 Å². The summed E-state index contributed by atoms with van der Waals surface area (Å²) < 4.78 is 17.8. The lowest BCUT2D eigenvalue weighted by atomic mass is 9.99. The van der Waals surface area contributed by atoms with Crippen LogP contribution in [0.25, 0.3) is 72.4 Å². The number of aryl methyl sites for hydroxylation is 2. The van der Waals surface area contributed by atoms with Crippen LogP contribution in [0.4, 0.5) is 0 Å². The Morgan fingerprint density at radius 3 is 1.51 bits per heavy atom. The van der Waals surface area contributed by atoms with Gasteiger partial charge in [-0.3, -0.25) is 0 Å². The van der Waals surface area contributed by atoms with E-state index in [9.17, 15) is 10.2 Å².